The number of carbonyl (C=O) groups excluding carboxylic acids is 1. The van der Waals surface area contributed by atoms with Crippen molar-refractivity contribution in [1.82, 2.24) is 10.5 Å². The fraction of sp³-hybridized carbons (Fsp3) is 0.286. The van der Waals surface area contributed by atoms with E-state index >= 15 is 0 Å². The summed E-state index contributed by atoms with van der Waals surface area (Å²) in [5.74, 6) is 0.343. The van der Waals surface area contributed by atoms with E-state index in [2.05, 4.69) is 10.5 Å². The molecule has 0 fully saturated rings. The lowest BCUT2D eigenvalue weighted by Crippen LogP contribution is -2.30. The highest BCUT2D eigenvalue weighted by Crippen LogP contribution is 2.23. The van der Waals surface area contributed by atoms with Crippen LogP contribution in [-0.2, 0) is 0 Å². The summed E-state index contributed by atoms with van der Waals surface area (Å²) in [6.45, 7) is 5.84. The van der Waals surface area contributed by atoms with E-state index in [4.69, 9.17) is 4.52 Å². The predicted octanol–water partition coefficient (Wildman–Crippen LogP) is 2.79. The van der Waals surface area contributed by atoms with Crippen LogP contribution >= 0.6 is 0 Å². The second-order valence-corrected chi connectivity index (χ2v) is 4.56. The van der Waals surface area contributed by atoms with Crippen LogP contribution in [0.15, 0.2) is 35.0 Å². The van der Waals surface area contributed by atoms with Gasteiger partial charge in [-0.05, 0) is 20.8 Å². The van der Waals surface area contributed by atoms with E-state index in [0.29, 0.717) is 11.3 Å². The number of rotatable bonds is 3. The first-order valence-corrected chi connectivity index (χ1v) is 5.90. The van der Waals surface area contributed by atoms with E-state index in [1.807, 2.05) is 45.0 Å². The standard InChI is InChI=1S/C14H16N2O2/c1-9(2)16-14(17)12-8-15-18-13(12)11-6-4-10(3)5-7-11/h4-9H,1-3H3,(H,16,17). The van der Waals surface area contributed by atoms with Gasteiger partial charge in [-0.1, -0.05) is 35.0 Å². The van der Waals surface area contributed by atoms with E-state index < -0.39 is 0 Å². The Morgan fingerprint density at radius 2 is 1.94 bits per heavy atom. The van der Waals surface area contributed by atoms with E-state index in [1.54, 1.807) is 0 Å². The van der Waals surface area contributed by atoms with Crippen molar-refractivity contribution in [3.05, 3.63) is 41.6 Å². The molecule has 18 heavy (non-hydrogen) atoms. The lowest BCUT2D eigenvalue weighted by atomic mass is 10.1. The average molecular weight is 244 g/mol. The molecule has 1 heterocycles. The van der Waals surface area contributed by atoms with Gasteiger partial charge in [0.2, 0.25) is 0 Å². The van der Waals surface area contributed by atoms with Crippen molar-refractivity contribution in [2.45, 2.75) is 26.8 Å². The zero-order chi connectivity index (χ0) is 13.1. The van der Waals surface area contributed by atoms with Crippen molar-refractivity contribution in [2.24, 2.45) is 0 Å². The van der Waals surface area contributed by atoms with Crippen molar-refractivity contribution in [2.75, 3.05) is 0 Å². The lowest BCUT2D eigenvalue weighted by Gasteiger charge is -2.07. The SMILES string of the molecule is Cc1ccc(-c2oncc2C(=O)NC(C)C)cc1. The summed E-state index contributed by atoms with van der Waals surface area (Å²) in [5, 5.41) is 6.54. The summed E-state index contributed by atoms with van der Waals surface area (Å²) in [5.41, 5.74) is 2.48. The van der Waals surface area contributed by atoms with Gasteiger partial charge in [0, 0.05) is 11.6 Å². The van der Waals surface area contributed by atoms with E-state index in [9.17, 15) is 4.79 Å². The molecule has 0 saturated carbocycles. The summed E-state index contributed by atoms with van der Waals surface area (Å²) in [7, 11) is 0. The minimum Gasteiger partial charge on any atom is -0.355 e. The quantitative estimate of drug-likeness (QED) is 0.903. The Bertz CT molecular complexity index is 541. The predicted molar refractivity (Wildman–Crippen MR) is 69.3 cm³/mol. The minimum absolute atomic E-state index is 0.0817. The summed E-state index contributed by atoms with van der Waals surface area (Å²) >= 11 is 0. The fourth-order valence-corrected chi connectivity index (χ4v) is 1.65. The molecule has 0 bridgehead atoms. The third-order valence-corrected chi connectivity index (χ3v) is 2.55. The highest BCUT2D eigenvalue weighted by atomic mass is 16.5. The molecule has 0 atom stereocenters. The van der Waals surface area contributed by atoms with Crippen LogP contribution in [0, 0.1) is 6.92 Å². The normalized spacial score (nSPS) is 10.7. The van der Waals surface area contributed by atoms with E-state index in [-0.39, 0.29) is 11.9 Å². The topological polar surface area (TPSA) is 55.1 Å². The third-order valence-electron chi connectivity index (χ3n) is 2.55. The smallest absolute Gasteiger partial charge is 0.257 e. The number of aromatic nitrogens is 1. The second-order valence-electron chi connectivity index (χ2n) is 4.56. The first kappa shape index (κ1) is 12.4. The number of amides is 1. The van der Waals surface area contributed by atoms with Crippen molar-refractivity contribution in [3.8, 4) is 11.3 Å². The van der Waals surface area contributed by atoms with Crippen LogP contribution in [0.2, 0.25) is 0 Å². The third kappa shape index (κ3) is 2.59. The first-order chi connectivity index (χ1) is 8.58. The van der Waals surface area contributed by atoms with Gasteiger partial charge in [0.1, 0.15) is 5.56 Å². The van der Waals surface area contributed by atoms with Gasteiger partial charge < -0.3 is 9.84 Å². The van der Waals surface area contributed by atoms with Crippen LogP contribution in [-0.4, -0.2) is 17.1 Å². The van der Waals surface area contributed by atoms with Crippen LogP contribution < -0.4 is 5.32 Å². The molecule has 0 aliphatic heterocycles. The molecule has 2 rings (SSSR count). The molecule has 94 valence electrons. The summed E-state index contributed by atoms with van der Waals surface area (Å²) in [6, 6.07) is 7.87. The van der Waals surface area contributed by atoms with Gasteiger partial charge in [-0.15, -0.1) is 0 Å². The molecule has 0 aliphatic carbocycles. The van der Waals surface area contributed by atoms with Crippen LogP contribution in [0.25, 0.3) is 11.3 Å². The molecular weight excluding hydrogens is 228 g/mol. The van der Waals surface area contributed by atoms with E-state index in [0.717, 1.165) is 11.1 Å². The molecule has 4 heteroatoms. The molecule has 4 nitrogen and oxygen atoms in total. The number of nitrogens with one attached hydrogen (secondary N) is 1. The van der Waals surface area contributed by atoms with Crippen LogP contribution in [0.1, 0.15) is 29.8 Å². The fourth-order valence-electron chi connectivity index (χ4n) is 1.65. The van der Waals surface area contributed by atoms with Gasteiger partial charge in [-0.2, -0.15) is 0 Å². The Hall–Kier alpha value is -2.10. The molecule has 0 saturated heterocycles. The molecule has 0 spiro atoms. The largest absolute Gasteiger partial charge is 0.355 e. The Kier molecular flexibility index (Phi) is 3.46. The van der Waals surface area contributed by atoms with Crippen molar-refractivity contribution in [3.63, 3.8) is 0 Å². The maximum atomic E-state index is 12.0. The average Bonchev–Trinajstić information content (AvgIpc) is 2.78. The monoisotopic (exact) mass is 244 g/mol. The first-order valence-electron chi connectivity index (χ1n) is 5.90. The van der Waals surface area contributed by atoms with Gasteiger partial charge in [-0.3, -0.25) is 4.79 Å². The van der Waals surface area contributed by atoms with Gasteiger partial charge >= 0.3 is 0 Å². The molecule has 1 amide bonds. The Labute approximate surface area is 106 Å². The zero-order valence-corrected chi connectivity index (χ0v) is 10.7. The minimum atomic E-state index is -0.165. The molecule has 0 radical (unpaired) electrons. The second kappa shape index (κ2) is 5.04. The molecule has 2 aromatic rings. The van der Waals surface area contributed by atoms with Crippen molar-refractivity contribution in [1.29, 1.82) is 0 Å². The Balaban J connectivity index is 2.33. The van der Waals surface area contributed by atoms with Crippen LogP contribution in [0.4, 0.5) is 0 Å². The number of hydrogen-bond acceptors (Lipinski definition) is 3. The van der Waals surface area contributed by atoms with Crippen molar-refractivity contribution < 1.29 is 9.32 Å². The van der Waals surface area contributed by atoms with Gasteiger partial charge in [0.15, 0.2) is 5.76 Å². The van der Waals surface area contributed by atoms with Gasteiger partial charge in [0.05, 0.1) is 6.20 Å². The molecule has 1 aromatic heterocycles. The molecule has 1 N–H and O–H groups in total. The van der Waals surface area contributed by atoms with E-state index in [1.165, 1.54) is 6.20 Å². The lowest BCUT2D eigenvalue weighted by molar-refractivity contribution is 0.0943. The number of hydrogen-bond donors (Lipinski definition) is 1. The van der Waals surface area contributed by atoms with Crippen molar-refractivity contribution >= 4 is 5.91 Å². The van der Waals surface area contributed by atoms with Gasteiger partial charge in [0.25, 0.3) is 5.91 Å². The maximum Gasteiger partial charge on any atom is 0.257 e. The van der Waals surface area contributed by atoms with Gasteiger partial charge in [-0.25, -0.2) is 0 Å². The molecule has 0 unspecified atom stereocenters. The Morgan fingerprint density at radius 1 is 1.28 bits per heavy atom. The Morgan fingerprint density at radius 3 is 2.56 bits per heavy atom. The highest BCUT2D eigenvalue weighted by Gasteiger charge is 2.18. The van der Waals surface area contributed by atoms with Crippen LogP contribution in [0.3, 0.4) is 0 Å². The highest BCUT2D eigenvalue weighted by molar-refractivity contribution is 5.99. The van der Waals surface area contributed by atoms with Crippen LogP contribution in [0.5, 0.6) is 0 Å². The molecular formula is C14H16N2O2. The number of nitrogens with zero attached hydrogens (tertiary/aromatic N) is 1. The molecule has 1 aromatic carbocycles. The summed E-state index contributed by atoms with van der Waals surface area (Å²) < 4.78 is 5.18. The summed E-state index contributed by atoms with van der Waals surface area (Å²) in [6.07, 6.45) is 1.45. The molecule has 0 aliphatic rings. The number of aryl methyl sites for hydroxylation is 1. The maximum absolute atomic E-state index is 12.0. The zero-order valence-electron chi connectivity index (χ0n) is 10.7. The number of benzene rings is 1. The number of carbonyl (C=O) groups is 1. The summed E-state index contributed by atoms with van der Waals surface area (Å²) in [4.78, 5) is 12.0.